The normalized spacial score (nSPS) is 25.9. The number of rotatable bonds is 4. The molecule has 1 heterocycles. The molecule has 0 aliphatic heterocycles. The van der Waals surface area contributed by atoms with E-state index < -0.39 is 0 Å². The van der Waals surface area contributed by atoms with Gasteiger partial charge in [0.25, 0.3) is 0 Å². The Bertz CT molecular complexity index is 560. The maximum absolute atomic E-state index is 10.4. The second-order valence-electron chi connectivity index (χ2n) is 6.17. The highest BCUT2D eigenvalue weighted by molar-refractivity contribution is 7.11. The van der Waals surface area contributed by atoms with Gasteiger partial charge in [0.2, 0.25) is 0 Å². The summed E-state index contributed by atoms with van der Waals surface area (Å²) in [6, 6.07) is 15.3. The fourth-order valence-corrected chi connectivity index (χ4v) is 4.53. The summed E-state index contributed by atoms with van der Waals surface area (Å²) in [6.45, 7) is 2.20. The van der Waals surface area contributed by atoms with Crippen molar-refractivity contribution < 1.29 is 5.11 Å². The predicted octanol–water partition coefficient (Wildman–Crippen LogP) is 4.80. The first kappa shape index (κ1) is 14.8. The van der Waals surface area contributed by atoms with Gasteiger partial charge in [0.1, 0.15) is 0 Å². The van der Waals surface area contributed by atoms with Crippen molar-refractivity contribution in [2.45, 2.75) is 51.0 Å². The highest BCUT2D eigenvalue weighted by Crippen LogP contribution is 2.38. The van der Waals surface area contributed by atoms with Crippen LogP contribution < -0.4 is 0 Å². The van der Waals surface area contributed by atoms with Crippen molar-refractivity contribution in [3.63, 3.8) is 0 Å². The Morgan fingerprint density at radius 3 is 2.52 bits per heavy atom. The Hall–Kier alpha value is -1.12. The summed E-state index contributed by atoms with van der Waals surface area (Å²) in [4.78, 5) is 2.89. The molecule has 1 aromatic heterocycles. The Kier molecular flexibility index (Phi) is 4.77. The number of aliphatic hydroxyl groups excluding tert-OH is 1. The lowest BCUT2D eigenvalue weighted by Crippen LogP contribution is -2.29. The van der Waals surface area contributed by atoms with Gasteiger partial charge in [-0.1, -0.05) is 37.3 Å². The van der Waals surface area contributed by atoms with Crippen LogP contribution >= 0.6 is 11.3 Å². The molecule has 112 valence electrons. The Labute approximate surface area is 131 Å². The number of aryl methyl sites for hydroxylation is 1. The predicted molar refractivity (Wildman–Crippen MR) is 89.9 cm³/mol. The van der Waals surface area contributed by atoms with Crippen LogP contribution in [0.15, 0.2) is 42.5 Å². The van der Waals surface area contributed by atoms with Crippen LogP contribution in [-0.4, -0.2) is 11.2 Å². The molecule has 3 atom stereocenters. The second-order valence-corrected chi connectivity index (χ2v) is 7.43. The molecule has 3 unspecified atom stereocenters. The van der Waals surface area contributed by atoms with Crippen LogP contribution in [0.25, 0.3) is 0 Å². The van der Waals surface area contributed by atoms with E-state index in [9.17, 15) is 5.11 Å². The molecule has 21 heavy (non-hydrogen) atoms. The van der Waals surface area contributed by atoms with E-state index in [4.69, 9.17) is 0 Å². The summed E-state index contributed by atoms with van der Waals surface area (Å²) in [5.74, 6) is 1.03. The summed E-state index contributed by atoms with van der Waals surface area (Å²) in [5.41, 5.74) is 1.44. The second kappa shape index (κ2) is 6.76. The lowest BCUT2D eigenvalue weighted by Gasteiger charge is -2.33. The average Bonchev–Trinajstić information content (AvgIpc) is 2.98. The van der Waals surface area contributed by atoms with Crippen LogP contribution in [0.4, 0.5) is 0 Å². The van der Waals surface area contributed by atoms with Gasteiger partial charge < -0.3 is 5.11 Å². The molecule has 3 rings (SSSR count). The zero-order valence-corrected chi connectivity index (χ0v) is 13.5. The van der Waals surface area contributed by atoms with Crippen molar-refractivity contribution in [1.29, 1.82) is 0 Å². The lowest BCUT2D eigenvalue weighted by atomic mass is 9.75. The molecule has 1 aliphatic rings. The van der Waals surface area contributed by atoms with E-state index >= 15 is 0 Å². The minimum absolute atomic E-state index is 0.128. The number of thiophene rings is 1. The smallest absolute Gasteiger partial charge is 0.0572 e. The molecule has 0 bridgehead atoms. The quantitative estimate of drug-likeness (QED) is 0.860. The average molecular weight is 300 g/mol. The van der Waals surface area contributed by atoms with Crippen LogP contribution in [0.1, 0.15) is 47.4 Å². The summed E-state index contributed by atoms with van der Waals surface area (Å²) in [5, 5.41) is 10.4. The third-order valence-corrected chi connectivity index (χ3v) is 5.99. The van der Waals surface area contributed by atoms with E-state index in [0.29, 0.717) is 11.8 Å². The molecule has 1 aromatic carbocycles. The van der Waals surface area contributed by atoms with Gasteiger partial charge in [-0.2, -0.15) is 0 Å². The molecule has 2 aromatic rings. The topological polar surface area (TPSA) is 20.2 Å². The van der Waals surface area contributed by atoms with Gasteiger partial charge in [-0.3, -0.25) is 0 Å². The molecule has 1 fully saturated rings. The molecule has 1 aliphatic carbocycles. The van der Waals surface area contributed by atoms with Crippen molar-refractivity contribution in [3.05, 3.63) is 57.8 Å². The van der Waals surface area contributed by atoms with Gasteiger partial charge in [0, 0.05) is 9.75 Å². The van der Waals surface area contributed by atoms with Gasteiger partial charge in [0.15, 0.2) is 0 Å². The van der Waals surface area contributed by atoms with Gasteiger partial charge in [0.05, 0.1) is 6.10 Å². The maximum Gasteiger partial charge on any atom is 0.0572 e. The molecule has 0 radical (unpaired) electrons. The van der Waals surface area contributed by atoms with Crippen LogP contribution in [-0.2, 0) is 12.8 Å². The third-order valence-electron chi connectivity index (χ3n) is 4.74. The van der Waals surface area contributed by atoms with Crippen LogP contribution in [0.2, 0.25) is 0 Å². The van der Waals surface area contributed by atoms with Crippen LogP contribution in [0, 0.1) is 5.92 Å². The largest absolute Gasteiger partial charge is 0.393 e. The van der Waals surface area contributed by atoms with E-state index in [-0.39, 0.29) is 6.10 Å². The molecule has 0 amide bonds. The van der Waals surface area contributed by atoms with Crippen molar-refractivity contribution >= 4 is 11.3 Å². The van der Waals surface area contributed by atoms with Crippen molar-refractivity contribution in [2.75, 3.05) is 0 Å². The number of benzene rings is 1. The van der Waals surface area contributed by atoms with E-state index in [1.165, 1.54) is 15.3 Å². The van der Waals surface area contributed by atoms with Gasteiger partial charge >= 0.3 is 0 Å². The summed E-state index contributed by atoms with van der Waals surface area (Å²) < 4.78 is 0. The zero-order valence-electron chi connectivity index (χ0n) is 12.7. The first-order valence-electron chi connectivity index (χ1n) is 8.07. The summed E-state index contributed by atoms with van der Waals surface area (Å²) >= 11 is 1.91. The van der Waals surface area contributed by atoms with Crippen molar-refractivity contribution in [3.8, 4) is 0 Å². The van der Waals surface area contributed by atoms with Gasteiger partial charge in [-0.15, -0.1) is 11.3 Å². The molecule has 1 nitrogen and oxygen atoms in total. The number of hydrogen-bond donors (Lipinski definition) is 1. The maximum atomic E-state index is 10.4. The first-order valence-corrected chi connectivity index (χ1v) is 8.88. The Morgan fingerprint density at radius 2 is 1.81 bits per heavy atom. The van der Waals surface area contributed by atoms with Gasteiger partial charge in [-0.25, -0.2) is 0 Å². The Balaban J connectivity index is 1.69. The highest BCUT2D eigenvalue weighted by atomic mass is 32.1. The van der Waals surface area contributed by atoms with Crippen LogP contribution in [0.5, 0.6) is 0 Å². The number of aliphatic hydroxyl groups is 1. The minimum atomic E-state index is -0.128. The molecule has 1 N–H and O–H groups in total. The zero-order chi connectivity index (χ0) is 14.7. The van der Waals surface area contributed by atoms with E-state index in [2.05, 4.69) is 49.4 Å². The third kappa shape index (κ3) is 3.56. The molecule has 1 saturated carbocycles. The molecular formula is C19H24OS. The first-order chi connectivity index (χ1) is 10.3. The molecule has 0 spiro atoms. The van der Waals surface area contributed by atoms with E-state index in [1.54, 1.807) is 0 Å². The lowest BCUT2D eigenvalue weighted by molar-refractivity contribution is 0.0624. The fourth-order valence-electron chi connectivity index (χ4n) is 3.48. The Morgan fingerprint density at radius 1 is 1.05 bits per heavy atom. The summed E-state index contributed by atoms with van der Waals surface area (Å²) in [7, 11) is 0. The van der Waals surface area contributed by atoms with Crippen molar-refractivity contribution in [1.82, 2.24) is 0 Å². The van der Waals surface area contributed by atoms with Crippen LogP contribution in [0.3, 0.4) is 0 Å². The minimum Gasteiger partial charge on any atom is -0.393 e. The highest BCUT2D eigenvalue weighted by Gasteiger charge is 2.30. The van der Waals surface area contributed by atoms with E-state index in [1.807, 2.05) is 11.3 Å². The SMILES string of the molecule is CCc1ccc(CC2CC(c3ccccc3)CCC2O)s1. The fraction of sp³-hybridized carbons (Fsp3) is 0.474. The molecule has 2 heteroatoms. The van der Waals surface area contributed by atoms with Crippen molar-refractivity contribution in [2.24, 2.45) is 5.92 Å². The number of hydrogen-bond acceptors (Lipinski definition) is 2. The molecular weight excluding hydrogens is 276 g/mol. The van der Waals surface area contributed by atoms with E-state index in [0.717, 1.165) is 32.1 Å². The standard InChI is InChI=1S/C19H24OS/c1-2-17-9-10-18(21-17)13-16-12-15(8-11-19(16)20)14-6-4-3-5-7-14/h3-7,9-10,15-16,19-20H,2,8,11-13H2,1H3. The molecule has 0 saturated heterocycles. The summed E-state index contributed by atoms with van der Waals surface area (Å²) in [6.07, 6.45) is 5.20. The van der Waals surface area contributed by atoms with Gasteiger partial charge in [-0.05, 0) is 61.6 Å². The monoisotopic (exact) mass is 300 g/mol.